The fraction of sp³-hybridized carbons (Fsp3) is 1.00. The van der Waals surface area contributed by atoms with E-state index in [9.17, 15) is 0 Å². The van der Waals surface area contributed by atoms with Gasteiger partial charge < -0.3 is 28.6 Å². The molecule has 0 aromatic heterocycles. The van der Waals surface area contributed by atoms with E-state index in [1.54, 1.807) is 0 Å². The van der Waals surface area contributed by atoms with Gasteiger partial charge in [0.15, 0.2) is 12.6 Å². The summed E-state index contributed by atoms with van der Waals surface area (Å²) in [5.41, 5.74) is 0. The topological polar surface area (TPSA) is 49.4 Å². The first kappa shape index (κ1) is 33.6. The van der Waals surface area contributed by atoms with Crippen LogP contribution in [0.15, 0.2) is 0 Å². The van der Waals surface area contributed by atoms with Gasteiger partial charge in [0.25, 0.3) is 0 Å². The highest BCUT2D eigenvalue weighted by molar-refractivity contribution is 7.38. The molecular formula is C25H55NO5P2. The van der Waals surface area contributed by atoms with Gasteiger partial charge in [0.1, 0.15) is 0 Å². The zero-order valence-electron chi connectivity index (χ0n) is 23.0. The molecule has 0 N–H and O–H groups in total. The molecule has 0 radical (unpaired) electrons. The van der Waals surface area contributed by atoms with Crippen LogP contribution in [0, 0.1) is 0 Å². The molecule has 8 heteroatoms. The molecule has 6 nitrogen and oxygen atoms in total. The monoisotopic (exact) mass is 511 g/mol. The summed E-state index contributed by atoms with van der Waals surface area (Å²) in [6.07, 6.45) is 5.93. The molecule has 0 aliphatic rings. The van der Waals surface area contributed by atoms with Crippen molar-refractivity contribution in [3.05, 3.63) is 0 Å². The normalized spacial score (nSPS) is 13.5. The highest BCUT2D eigenvalue weighted by atomic mass is 31.1. The Labute approximate surface area is 209 Å². The molecule has 2 atom stereocenters. The van der Waals surface area contributed by atoms with E-state index < -0.39 is 0 Å². The zero-order valence-corrected chi connectivity index (χ0v) is 25.0. The second-order valence-corrected chi connectivity index (χ2v) is 12.3. The third kappa shape index (κ3) is 22.8. The average molecular weight is 512 g/mol. The molecule has 0 heterocycles. The Hall–Kier alpha value is 0.620. The number of hydrogen-bond donors (Lipinski definition) is 0. The van der Waals surface area contributed by atoms with Crippen LogP contribution >= 0.6 is 17.2 Å². The predicted molar refractivity (Wildman–Crippen MR) is 146 cm³/mol. The molecule has 0 aliphatic carbocycles. The van der Waals surface area contributed by atoms with Crippen molar-refractivity contribution in [2.24, 2.45) is 0 Å². The van der Waals surface area contributed by atoms with E-state index in [1.807, 2.05) is 0 Å². The van der Waals surface area contributed by atoms with Gasteiger partial charge in [0, 0.05) is 38.6 Å². The standard InChI is InChI=1S/C25H55NO5P2/c1-10-14-27-15-11-26(12-16-32-18-24(28-20(2)3)29-21(4)5)13-17-33-19-25(30-22(6)7)31-23(8)9/h20-25,32-33H,10-19H2,1-9H3. The van der Waals surface area contributed by atoms with Gasteiger partial charge in [-0.2, -0.15) is 0 Å². The number of hydrogen-bond acceptors (Lipinski definition) is 6. The highest BCUT2D eigenvalue weighted by Crippen LogP contribution is 2.19. The number of nitrogens with zero attached hydrogens (tertiary/aromatic N) is 1. The van der Waals surface area contributed by atoms with Gasteiger partial charge in [-0.25, -0.2) is 0 Å². The van der Waals surface area contributed by atoms with Crippen molar-refractivity contribution < 1.29 is 23.7 Å². The second-order valence-electron chi connectivity index (χ2n) is 9.46. The summed E-state index contributed by atoms with van der Waals surface area (Å²) >= 11 is 0. The van der Waals surface area contributed by atoms with Crippen LogP contribution in [-0.4, -0.2) is 99.4 Å². The molecule has 0 saturated heterocycles. The fourth-order valence-corrected chi connectivity index (χ4v) is 5.37. The highest BCUT2D eigenvalue weighted by Gasteiger charge is 2.15. The van der Waals surface area contributed by atoms with Crippen LogP contribution in [-0.2, 0) is 23.7 Å². The molecule has 2 unspecified atom stereocenters. The lowest BCUT2D eigenvalue weighted by atomic mass is 10.4. The van der Waals surface area contributed by atoms with E-state index in [0.717, 1.165) is 68.8 Å². The van der Waals surface area contributed by atoms with E-state index in [1.165, 1.54) is 12.3 Å². The van der Waals surface area contributed by atoms with Crippen LogP contribution in [0.25, 0.3) is 0 Å². The molecule has 33 heavy (non-hydrogen) atoms. The molecular weight excluding hydrogens is 456 g/mol. The predicted octanol–water partition coefficient (Wildman–Crippen LogP) is 5.42. The van der Waals surface area contributed by atoms with Gasteiger partial charge in [-0.1, -0.05) is 6.92 Å². The number of ether oxygens (including phenoxy) is 5. The smallest absolute Gasteiger partial charge is 0.161 e. The van der Waals surface area contributed by atoms with Crippen LogP contribution in [0.3, 0.4) is 0 Å². The summed E-state index contributed by atoms with van der Waals surface area (Å²) in [6, 6.07) is 0. The molecule has 0 bridgehead atoms. The van der Waals surface area contributed by atoms with Gasteiger partial charge in [0.05, 0.1) is 31.0 Å². The Balaban J connectivity index is 4.45. The molecule has 200 valence electrons. The lowest BCUT2D eigenvalue weighted by Crippen LogP contribution is -2.33. The molecule has 0 rings (SSSR count). The largest absolute Gasteiger partial charge is 0.380 e. The van der Waals surface area contributed by atoms with Crippen molar-refractivity contribution in [2.45, 2.75) is 106 Å². The Morgan fingerprint density at radius 3 is 1.30 bits per heavy atom. The van der Waals surface area contributed by atoms with Gasteiger partial charge >= 0.3 is 0 Å². The molecule has 0 amide bonds. The third-order valence-electron chi connectivity index (χ3n) is 4.43. The molecule has 0 spiro atoms. The quantitative estimate of drug-likeness (QED) is 0.104. The van der Waals surface area contributed by atoms with E-state index in [2.05, 4.69) is 67.2 Å². The van der Waals surface area contributed by atoms with Gasteiger partial charge in [0.2, 0.25) is 0 Å². The minimum Gasteiger partial charge on any atom is -0.380 e. The van der Waals surface area contributed by atoms with Crippen molar-refractivity contribution in [1.82, 2.24) is 4.90 Å². The van der Waals surface area contributed by atoms with E-state index in [4.69, 9.17) is 23.7 Å². The SMILES string of the molecule is CCCOCCN(CCPCC(OC(C)C)OC(C)C)CCPCC(OC(C)C)OC(C)C. The summed E-state index contributed by atoms with van der Waals surface area (Å²) in [5.74, 6) is 0. The summed E-state index contributed by atoms with van der Waals surface area (Å²) in [6.45, 7) is 23.6. The minimum atomic E-state index is -0.0926. The van der Waals surface area contributed by atoms with Crippen LogP contribution in [0.1, 0.15) is 68.7 Å². The maximum atomic E-state index is 5.95. The molecule has 0 aliphatic heterocycles. The maximum absolute atomic E-state index is 5.95. The average Bonchev–Trinajstić information content (AvgIpc) is 2.68. The summed E-state index contributed by atoms with van der Waals surface area (Å²) in [7, 11) is 1.67. The van der Waals surface area contributed by atoms with Crippen molar-refractivity contribution in [2.75, 3.05) is 57.5 Å². The van der Waals surface area contributed by atoms with Crippen molar-refractivity contribution in [3.63, 3.8) is 0 Å². The Kier molecular flexibility index (Phi) is 22.3. The Bertz CT molecular complexity index is 376. The maximum Gasteiger partial charge on any atom is 0.161 e. The first-order valence-corrected chi connectivity index (χ1v) is 15.8. The molecule has 0 aromatic rings. The van der Waals surface area contributed by atoms with Gasteiger partial charge in [-0.15, -0.1) is 17.2 Å². The summed E-state index contributed by atoms with van der Waals surface area (Å²) in [4.78, 5) is 2.55. The van der Waals surface area contributed by atoms with Crippen molar-refractivity contribution >= 4 is 17.2 Å². The molecule has 0 fully saturated rings. The fourth-order valence-electron chi connectivity index (χ4n) is 3.16. The van der Waals surface area contributed by atoms with Crippen LogP contribution < -0.4 is 0 Å². The van der Waals surface area contributed by atoms with Gasteiger partial charge in [-0.3, -0.25) is 0 Å². The van der Waals surface area contributed by atoms with Crippen LogP contribution in [0.4, 0.5) is 0 Å². The van der Waals surface area contributed by atoms with Crippen molar-refractivity contribution in [1.29, 1.82) is 0 Å². The summed E-state index contributed by atoms with van der Waals surface area (Å²) in [5, 5.41) is 0. The Morgan fingerprint density at radius 1 is 0.576 bits per heavy atom. The first-order chi connectivity index (χ1) is 15.6. The van der Waals surface area contributed by atoms with E-state index >= 15 is 0 Å². The lowest BCUT2D eigenvalue weighted by molar-refractivity contribution is -0.167. The van der Waals surface area contributed by atoms with E-state index in [0.29, 0.717) is 0 Å². The van der Waals surface area contributed by atoms with Gasteiger partial charge in [-0.05, 0) is 74.1 Å². The minimum absolute atomic E-state index is 0.0926. The van der Waals surface area contributed by atoms with Crippen LogP contribution in [0.5, 0.6) is 0 Å². The molecule has 0 aromatic carbocycles. The van der Waals surface area contributed by atoms with Crippen LogP contribution in [0.2, 0.25) is 0 Å². The third-order valence-corrected chi connectivity index (χ3v) is 6.83. The Morgan fingerprint density at radius 2 is 0.970 bits per heavy atom. The lowest BCUT2D eigenvalue weighted by Gasteiger charge is -2.26. The zero-order chi connectivity index (χ0) is 25.1. The number of rotatable bonds is 23. The summed E-state index contributed by atoms with van der Waals surface area (Å²) < 4.78 is 29.5. The van der Waals surface area contributed by atoms with E-state index in [-0.39, 0.29) is 37.0 Å². The second kappa shape index (κ2) is 21.9. The van der Waals surface area contributed by atoms with Crippen molar-refractivity contribution in [3.8, 4) is 0 Å². The molecule has 0 saturated carbocycles. The first-order valence-electron chi connectivity index (χ1n) is 13.0.